The van der Waals surface area contributed by atoms with Crippen molar-refractivity contribution in [3.63, 3.8) is 0 Å². The Kier molecular flexibility index (Phi) is 7.39. The lowest BCUT2D eigenvalue weighted by atomic mass is 9.88. The van der Waals surface area contributed by atoms with Gasteiger partial charge in [-0.2, -0.15) is 26.3 Å². The molecule has 0 aliphatic rings. The molecular formula is C10H13ClF8O2S. The number of unbranched alkanes of at least 4 members (excludes halogenated alkanes) is 1. The minimum absolute atomic E-state index is 0.181. The largest absolute Gasteiger partial charge is 0.431 e. The van der Waals surface area contributed by atoms with E-state index in [0.717, 1.165) is 0 Å². The molecule has 0 heterocycles. The SMILES string of the molecule is O=S(=O)(Cl)CCCCC(CF)CC(F)(C(F)(F)F)C(F)(F)F. The standard InChI is InChI=1S/C10H13ClF8O2S/c11-22(20,21)4-2-1-3-7(6-12)5-8(13,9(14,15)16)10(17,18)19/h7H,1-6H2. The average molecular weight is 385 g/mol. The lowest BCUT2D eigenvalue weighted by Gasteiger charge is -2.32. The zero-order chi connectivity index (χ0) is 17.8. The normalized spacial score (nSPS) is 15.9. The molecule has 0 aliphatic carbocycles. The Bertz CT molecular complexity index is 431. The fraction of sp³-hybridized carbons (Fsp3) is 1.00. The minimum Gasteiger partial charge on any atom is -0.251 e. The van der Waals surface area contributed by atoms with Gasteiger partial charge in [-0.05, 0) is 18.8 Å². The van der Waals surface area contributed by atoms with Crippen LogP contribution < -0.4 is 0 Å². The van der Waals surface area contributed by atoms with Crippen molar-refractivity contribution in [2.75, 3.05) is 12.4 Å². The van der Waals surface area contributed by atoms with E-state index in [0.29, 0.717) is 0 Å². The van der Waals surface area contributed by atoms with Crippen LogP contribution >= 0.6 is 10.7 Å². The van der Waals surface area contributed by atoms with Gasteiger partial charge in [0.05, 0.1) is 12.4 Å². The molecule has 0 bridgehead atoms. The second-order valence-corrected chi connectivity index (χ2v) is 7.66. The highest BCUT2D eigenvalue weighted by Crippen LogP contribution is 2.50. The van der Waals surface area contributed by atoms with E-state index in [9.17, 15) is 43.5 Å². The molecule has 12 heteroatoms. The van der Waals surface area contributed by atoms with Gasteiger partial charge in [0.15, 0.2) is 0 Å². The van der Waals surface area contributed by atoms with E-state index in [1.54, 1.807) is 0 Å². The smallest absolute Gasteiger partial charge is 0.251 e. The fourth-order valence-electron chi connectivity index (χ4n) is 1.73. The van der Waals surface area contributed by atoms with Crippen molar-refractivity contribution in [3.05, 3.63) is 0 Å². The van der Waals surface area contributed by atoms with Crippen molar-refractivity contribution in [2.45, 2.75) is 43.7 Å². The molecule has 0 saturated heterocycles. The third kappa shape index (κ3) is 6.43. The predicted octanol–water partition coefficient (Wildman–Crippen LogP) is 4.53. The highest BCUT2D eigenvalue weighted by molar-refractivity contribution is 8.13. The molecule has 134 valence electrons. The second-order valence-electron chi connectivity index (χ2n) is 4.76. The quantitative estimate of drug-likeness (QED) is 0.350. The summed E-state index contributed by atoms with van der Waals surface area (Å²) in [5, 5.41) is 0. The molecule has 1 unspecified atom stereocenters. The number of hydrogen-bond donors (Lipinski definition) is 0. The van der Waals surface area contributed by atoms with Gasteiger partial charge in [0, 0.05) is 17.1 Å². The van der Waals surface area contributed by atoms with E-state index in [2.05, 4.69) is 0 Å². The first-order valence-corrected chi connectivity index (χ1v) is 8.42. The van der Waals surface area contributed by atoms with Crippen LogP contribution in [0, 0.1) is 5.92 Å². The molecule has 0 radical (unpaired) electrons. The monoisotopic (exact) mass is 384 g/mol. The Morgan fingerprint density at radius 1 is 0.909 bits per heavy atom. The summed E-state index contributed by atoms with van der Waals surface area (Å²) >= 11 is 0. The highest BCUT2D eigenvalue weighted by atomic mass is 35.7. The molecule has 1 atom stereocenters. The van der Waals surface area contributed by atoms with Gasteiger partial charge in [-0.3, -0.25) is 4.39 Å². The summed E-state index contributed by atoms with van der Waals surface area (Å²) in [5.74, 6) is -2.40. The molecule has 2 nitrogen and oxygen atoms in total. The van der Waals surface area contributed by atoms with Gasteiger partial charge in [-0.15, -0.1) is 0 Å². The Hall–Kier alpha value is -0.320. The van der Waals surface area contributed by atoms with Crippen molar-refractivity contribution in [2.24, 2.45) is 5.92 Å². The summed E-state index contributed by atoms with van der Waals surface area (Å²) in [6.07, 6.45) is -15.5. The van der Waals surface area contributed by atoms with Crippen LogP contribution in [0.4, 0.5) is 35.1 Å². The summed E-state index contributed by atoms with van der Waals surface area (Å²) in [6.45, 7) is -1.59. The third-order valence-corrected chi connectivity index (χ3v) is 4.18. The molecule has 0 amide bonds. The molecule has 0 fully saturated rings. The first-order valence-electron chi connectivity index (χ1n) is 5.94. The van der Waals surface area contributed by atoms with Gasteiger partial charge in [-0.1, -0.05) is 6.42 Å². The molecule has 0 saturated carbocycles. The van der Waals surface area contributed by atoms with Crippen LogP contribution in [-0.2, 0) is 9.05 Å². The molecule has 0 aromatic heterocycles. The molecular weight excluding hydrogens is 372 g/mol. The van der Waals surface area contributed by atoms with Crippen LogP contribution in [0.5, 0.6) is 0 Å². The first kappa shape index (κ1) is 21.7. The van der Waals surface area contributed by atoms with Crippen molar-refractivity contribution in [1.29, 1.82) is 0 Å². The summed E-state index contributed by atoms with van der Waals surface area (Å²) in [6, 6.07) is 0. The predicted molar refractivity (Wildman–Crippen MR) is 63.5 cm³/mol. The first-order chi connectivity index (χ1) is 9.64. The maximum absolute atomic E-state index is 13.4. The van der Waals surface area contributed by atoms with E-state index >= 15 is 0 Å². The Morgan fingerprint density at radius 3 is 1.68 bits per heavy atom. The van der Waals surface area contributed by atoms with E-state index in [-0.39, 0.29) is 12.8 Å². The third-order valence-electron chi connectivity index (χ3n) is 2.94. The van der Waals surface area contributed by atoms with Gasteiger partial charge in [0.2, 0.25) is 9.05 Å². The summed E-state index contributed by atoms with van der Waals surface area (Å²) in [7, 11) is 0.983. The van der Waals surface area contributed by atoms with Crippen LogP contribution in [-0.4, -0.2) is 38.9 Å². The Labute approximate surface area is 126 Å². The molecule has 0 aromatic rings. The van der Waals surface area contributed by atoms with Crippen molar-refractivity contribution >= 4 is 19.7 Å². The van der Waals surface area contributed by atoms with Crippen molar-refractivity contribution < 1.29 is 43.5 Å². The Morgan fingerprint density at radius 2 is 1.36 bits per heavy atom. The minimum atomic E-state index is -6.22. The van der Waals surface area contributed by atoms with Crippen LogP contribution in [0.1, 0.15) is 25.7 Å². The zero-order valence-electron chi connectivity index (χ0n) is 10.9. The maximum atomic E-state index is 13.4. The van der Waals surface area contributed by atoms with Gasteiger partial charge < -0.3 is 0 Å². The number of rotatable bonds is 8. The van der Waals surface area contributed by atoms with Crippen LogP contribution in [0.25, 0.3) is 0 Å². The lowest BCUT2D eigenvalue weighted by Crippen LogP contribution is -2.54. The highest BCUT2D eigenvalue weighted by Gasteiger charge is 2.72. The van der Waals surface area contributed by atoms with Crippen molar-refractivity contribution in [1.82, 2.24) is 0 Å². The van der Waals surface area contributed by atoms with E-state index in [1.165, 1.54) is 0 Å². The summed E-state index contributed by atoms with van der Waals surface area (Å²) in [5.41, 5.74) is -5.50. The Balaban J connectivity index is 4.82. The maximum Gasteiger partial charge on any atom is 0.431 e. The molecule has 0 rings (SSSR count). The number of alkyl halides is 8. The van der Waals surface area contributed by atoms with E-state index in [4.69, 9.17) is 10.7 Å². The summed E-state index contributed by atoms with van der Waals surface area (Å²) < 4.78 is 121. The molecule has 0 aliphatic heterocycles. The van der Waals surface area contributed by atoms with Crippen LogP contribution in [0.2, 0.25) is 0 Å². The van der Waals surface area contributed by atoms with Crippen LogP contribution in [0.3, 0.4) is 0 Å². The van der Waals surface area contributed by atoms with E-state index < -0.39 is 58.3 Å². The molecule has 0 N–H and O–H groups in total. The lowest BCUT2D eigenvalue weighted by molar-refractivity contribution is -0.346. The zero-order valence-corrected chi connectivity index (χ0v) is 12.5. The van der Waals surface area contributed by atoms with Gasteiger partial charge in [0.25, 0.3) is 5.67 Å². The number of hydrogen-bond acceptors (Lipinski definition) is 2. The van der Waals surface area contributed by atoms with Gasteiger partial charge in [0.1, 0.15) is 0 Å². The topological polar surface area (TPSA) is 34.1 Å². The van der Waals surface area contributed by atoms with Crippen LogP contribution in [0.15, 0.2) is 0 Å². The number of halogens is 9. The van der Waals surface area contributed by atoms with Gasteiger partial charge in [-0.25, -0.2) is 12.8 Å². The molecule has 0 spiro atoms. The second kappa shape index (κ2) is 7.50. The fourth-order valence-corrected chi connectivity index (χ4v) is 2.61. The van der Waals surface area contributed by atoms with Gasteiger partial charge >= 0.3 is 12.4 Å². The molecule has 0 aromatic carbocycles. The summed E-state index contributed by atoms with van der Waals surface area (Å²) in [4.78, 5) is 0. The van der Waals surface area contributed by atoms with Crippen molar-refractivity contribution in [3.8, 4) is 0 Å². The van der Waals surface area contributed by atoms with E-state index in [1.807, 2.05) is 0 Å². The average Bonchev–Trinajstić information content (AvgIpc) is 2.28. The molecule has 22 heavy (non-hydrogen) atoms.